The molecule has 1 aromatic carbocycles. The molecule has 1 amide bonds. The SMILES string of the molecule is Cc1ccccc1CN1CCN(C(=O)c2cc(Cn3nc(C)c([N+](=O)[O-])c3C)cs2)CC1. The van der Waals surface area contributed by atoms with Gasteiger partial charge in [-0.15, -0.1) is 11.3 Å². The van der Waals surface area contributed by atoms with Crippen molar-refractivity contribution in [2.75, 3.05) is 26.2 Å². The van der Waals surface area contributed by atoms with Gasteiger partial charge in [-0.3, -0.25) is 24.5 Å². The molecule has 1 aliphatic heterocycles. The summed E-state index contributed by atoms with van der Waals surface area (Å²) in [7, 11) is 0. The third kappa shape index (κ3) is 4.58. The van der Waals surface area contributed by atoms with E-state index in [1.807, 2.05) is 16.3 Å². The summed E-state index contributed by atoms with van der Waals surface area (Å²) < 4.78 is 1.63. The lowest BCUT2D eigenvalue weighted by molar-refractivity contribution is -0.386. The first-order valence-electron chi connectivity index (χ1n) is 10.7. The molecule has 4 rings (SSSR count). The number of nitrogens with zero attached hydrogens (tertiary/aromatic N) is 5. The molecule has 0 atom stereocenters. The van der Waals surface area contributed by atoms with Crippen molar-refractivity contribution in [1.82, 2.24) is 19.6 Å². The number of aromatic nitrogens is 2. The van der Waals surface area contributed by atoms with Gasteiger partial charge in [-0.1, -0.05) is 24.3 Å². The minimum atomic E-state index is -0.393. The Balaban J connectivity index is 1.36. The summed E-state index contributed by atoms with van der Waals surface area (Å²) in [5, 5.41) is 17.5. The average Bonchev–Trinajstić information content (AvgIpc) is 3.34. The fraction of sp³-hybridized carbons (Fsp3) is 0.391. The molecule has 1 aliphatic rings. The van der Waals surface area contributed by atoms with Gasteiger partial charge in [0.1, 0.15) is 11.4 Å². The molecule has 1 fully saturated rings. The summed E-state index contributed by atoms with van der Waals surface area (Å²) in [5.74, 6) is 0.0520. The molecule has 0 radical (unpaired) electrons. The molecule has 0 spiro atoms. The van der Waals surface area contributed by atoms with Crippen LogP contribution in [-0.4, -0.2) is 56.6 Å². The standard InChI is InChI=1S/C23H27N5O3S/c1-16-6-4-5-7-20(16)14-25-8-10-26(11-9-25)23(29)21-12-19(15-32-21)13-27-18(3)22(28(30)31)17(2)24-27/h4-7,12,15H,8-11,13-14H2,1-3H3. The van der Waals surface area contributed by atoms with Gasteiger partial charge in [0.15, 0.2) is 0 Å². The van der Waals surface area contributed by atoms with Crippen LogP contribution in [0.5, 0.6) is 0 Å². The topological polar surface area (TPSA) is 84.5 Å². The zero-order valence-corrected chi connectivity index (χ0v) is 19.4. The van der Waals surface area contributed by atoms with Crippen molar-refractivity contribution < 1.29 is 9.72 Å². The van der Waals surface area contributed by atoms with E-state index < -0.39 is 4.92 Å². The Labute approximate surface area is 191 Å². The monoisotopic (exact) mass is 453 g/mol. The molecular weight excluding hydrogens is 426 g/mol. The number of hydrogen-bond donors (Lipinski definition) is 0. The molecule has 0 aliphatic carbocycles. The molecule has 0 unspecified atom stereocenters. The normalized spacial score (nSPS) is 14.7. The summed E-state index contributed by atoms with van der Waals surface area (Å²) in [6, 6.07) is 10.3. The Hall–Kier alpha value is -3.04. The molecule has 1 saturated heterocycles. The lowest BCUT2D eigenvalue weighted by atomic mass is 10.1. The van der Waals surface area contributed by atoms with Crippen molar-refractivity contribution in [1.29, 1.82) is 0 Å². The number of nitro groups is 1. The zero-order valence-electron chi connectivity index (χ0n) is 18.6. The predicted molar refractivity (Wildman–Crippen MR) is 124 cm³/mol. The molecule has 168 valence electrons. The van der Waals surface area contributed by atoms with E-state index in [-0.39, 0.29) is 11.6 Å². The third-order valence-electron chi connectivity index (χ3n) is 6.04. The molecule has 3 aromatic rings. The van der Waals surface area contributed by atoms with Gasteiger partial charge in [0.25, 0.3) is 5.91 Å². The lowest BCUT2D eigenvalue weighted by Crippen LogP contribution is -2.48. The quantitative estimate of drug-likeness (QED) is 0.419. The summed E-state index contributed by atoms with van der Waals surface area (Å²) >= 11 is 1.42. The van der Waals surface area contributed by atoms with Gasteiger partial charge in [0.2, 0.25) is 0 Å². The van der Waals surface area contributed by atoms with E-state index >= 15 is 0 Å². The third-order valence-corrected chi connectivity index (χ3v) is 7.00. The number of thiophene rings is 1. The maximum absolute atomic E-state index is 13.0. The highest BCUT2D eigenvalue weighted by atomic mass is 32.1. The van der Waals surface area contributed by atoms with Gasteiger partial charge < -0.3 is 4.90 Å². The number of carbonyl (C=O) groups is 1. The van der Waals surface area contributed by atoms with Crippen LogP contribution in [0, 0.1) is 30.9 Å². The Morgan fingerprint density at radius 1 is 1.12 bits per heavy atom. The minimum absolute atomic E-state index is 0.0520. The van der Waals surface area contributed by atoms with E-state index in [1.54, 1.807) is 18.5 Å². The van der Waals surface area contributed by atoms with E-state index in [1.165, 1.54) is 22.5 Å². The Morgan fingerprint density at radius 2 is 1.84 bits per heavy atom. The summed E-state index contributed by atoms with van der Waals surface area (Å²) in [6.07, 6.45) is 0. The Bertz CT molecular complexity index is 1140. The van der Waals surface area contributed by atoms with Crippen molar-refractivity contribution in [2.24, 2.45) is 0 Å². The van der Waals surface area contributed by atoms with Gasteiger partial charge in [-0.05, 0) is 48.9 Å². The van der Waals surface area contributed by atoms with E-state index in [9.17, 15) is 14.9 Å². The Morgan fingerprint density at radius 3 is 2.50 bits per heavy atom. The largest absolute Gasteiger partial charge is 0.335 e. The first-order valence-corrected chi connectivity index (χ1v) is 11.5. The number of rotatable bonds is 6. The summed E-state index contributed by atoms with van der Waals surface area (Å²) in [6.45, 7) is 9.93. The van der Waals surface area contributed by atoms with Crippen LogP contribution < -0.4 is 0 Å². The van der Waals surface area contributed by atoms with Crippen LogP contribution in [0.4, 0.5) is 5.69 Å². The highest BCUT2D eigenvalue weighted by molar-refractivity contribution is 7.12. The molecule has 0 saturated carbocycles. The van der Waals surface area contributed by atoms with Crippen molar-refractivity contribution in [3.63, 3.8) is 0 Å². The van der Waals surface area contributed by atoms with Crippen LogP contribution >= 0.6 is 11.3 Å². The maximum Gasteiger partial charge on any atom is 0.312 e. The van der Waals surface area contributed by atoms with Crippen LogP contribution in [0.2, 0.25) is 0 Å². The fourth-order valence-corrected chi connectivity index (χ4v) is 5.01. The number of carbonyl (C=O) groups excluding carboxylic acids is 1. The molecule has 32 heavy (non-hydrogen) atoms. The molecule has 2 aromatic heterocycles. The van der Waals surface area contributed by atoms with Gasteiger partial charge in [-0.2, -0.15) is 5.10 Å². The average molecular weight is 454 g/mol. The number of aryl methyl sites for hydroxylation is 2. The molecule has 8 nitrogen and oxygen atoms in total. The summed E-state index contributed by atoms with van der Waals surface area (Å²) in [5.41, 5.74) is 4.54. The van der Waals surface area contributed by atoms with Crippen molar-refractivity contribution in [2.45, 2.75) is 33.9 Å². The van der Waals surface area contributed by atoms with Crippen LogP contribution in [0.3, 0.4) is 0 Å². The van der Waals surface area contributed by atoms with Gasteiger partial charge in [0.05, 0.1) is 16.3 Å². The fourth-order valence-electron chi connectivity index (χ4n) is 4.14. The molecule has 0 N–H and O–H groups in total. The van der Waals surface area contributed by atoms with Gasteiger partial charge in [-0.25, -0.2) is 0 Å². The molecular formula is C23H27N5O3S. The van der Waals surface area contributed by atoms with Crippen LogP contribution in [0.1, 0.15) is 37.7 Å². The number of hydrogen-bond acceptors (Lipinski definition) is 6. The molecule has 9 heteroatoms. The van der Waals surface area contributed by atoms with E-state index in [4.69, 9.17) is 0 Å². The van der Waals surface area contributed by atoms with Crippen molar-refractivity contribution in [3.8, 4) is 0 Å². The second-order valence-corrected chi connectivity index (χ2v) is 9.16. The smallest absolute Gasteiger partial charge is 0.312 e. The highest BCUT2D eigenvalue weighted by Crippen LogP contribution is 2.24. The minimum Gasteiger partial charge on any atom is -0.335 e. The highest BCUT2D eigenvalue weighted by Gasteiger charge is 2.25. The molecule has 0 bridgehead atoms. The van der Waals surface area contributed by atoms with Crippen LogP contribution in [0.25, 0.3) is 0 Å². The Kier molecular flexibility index (Phi) is 6.38. The number of piperazine rings is 1. The number of amides is 1. The second-order valence-electron chi connectivity index (χ2n) is 8.25. The van der Waals surface area contributed by atoms with E-state index in [2.05, 4.69) is 41.2 Å². The van der Waals surface area contributed by atoms with Crippen molar-refractivity contribution >= 4 is 22.9 Å². The van der Waals surface area contributed by atoms with E-state index in [0.717, 1.165) is 25.2 Å². The van der Waals surface area contributed by atoms with Crippen LogP contribution in [-0.2, 0) is 13.1 Å². The first-order chi connectivity index (χ1) is 15.3. The second kappa shape index (κ2) is 9.22. The van der Waals surface area contributed by atoms with Gasteiger partial charge >= 0.3 is 5.69 Å². The van der Waals surface area contributed by atoms with Gasteiger partial charge in [0, 0.05) is 32.7 Å². The zero-order chi connectivity index (χ0) is 22.8. The number of benzene rings is 1. The van der Waals surface area contributed by atoms with Crippen molar-refractivity contribution in [3.05, 3.63) is 78.8 Å². The van der Waals surface area contributed by atoms with E-state index in [0.29, 0.717) is 35.9 Å². The lowest BCUT2D eigenvalue weighted by Gasteiger charge is -2.34. The maximum atomic E-state index is 13.0. The van der Waals surface area contributed by atoms with Crippen LogP contribution in [0.15, 0.2) is 35.7 Å². The summed E-state index contributed by atoms with van der Waals surface area (Å²) in [4.78, 5) is 28.8. The first kappa shape index (κ1) is 22.2. The predicted octanol–water partition coefficient (Wildman–Crippen LogP) is 3.78. The molecule has 3 heterocycles.